The van der Waals surface area contributed by atoms with Gasteiger partial charge in [0.05, 0.1) is 16.0 Å². The summed E-state index contributed by atoms with van der Waals surface area (Å²) in [6.07, 6.45) is -1.72. The van der Waals surface area contributed by atoms with Gasteiger partial charge < -0.3 is 20.6 Å². The van der Waals surface area contributed by atoms with Crippen molar-refractivity contribution in [2.75, 3.05) is 18.4 Å². The summed E-state index contributed by atoms with van der Waals surface area (Å²) in [5.74, 6) is -1.54. The summed E-state index contributed by atoms with van der Waals surface area (Å²) in [6.45, 7) is 3.42. The summed E-state index contributed by atoms with van der Waals surface area (Å²) in [5.41, 5.74) is -4.04. The molecule has 0 saturated carbocycles. The van der Waals surface area contributed by atoms with Crippen molar-refractivity contribution < 1.29 is 32.0 Å². The van der Waals surface area contributed by atoms with Gasteiger partial charge in [-0.2, -0.15) is 13.2 Å². The molecule has 1 saturated heterocycles. The fourth-order valence-electron chi connectivity index (χ4n) is 3.75. The minimum absolute atomic E-state index is 0.0100. The molecule has 1 aliphatic rings. The molecule has 36 heavy (non-hydrogen) atoms. The second-order valence-corrected chi connectivity index (χ2v) is 10.2. The molecule has 3 heterocycles. The molecule has 2 aromatic rings. The summed E-state index contributed by atoms with van der Waals surface area (Å²) in [5, 5.41) is 15.0. The van der Waals surface area contributed by atoms with E-state index < -0.39 is 48.1 Å². The van der Waals surface area contributed by atoms with Crippen molar-refractivity contribution in [3.8, 4) is 10.4 Å². The van der Waals surface area contributed by atoms with Gasteiger partial charge in [0.25, 0.3) is 11.8 Å². The lowest BCUT2D eigenvalue weighted by Crippen LogP contribution is -2.38. The number of hydrogen-bond acceptors (Lipinski definition) is 7. The van der Waals surface area contributed by atoms with Crippen LogP contribution in [0, 0.1) is 0 Å². The summed E-state index contributed by atoms with van der Waals surface area (Å²) in [4.78, 5) is 35.9. The predicted octanol–water partition coefficient (Wildman–Crippen LogP) is 4.56. The summed E-state index contributed by atoms with van der Waals surface area (Å²) in [7, 11) is 0. The van der Waals surface area contributed by atoms with Crippen LogP contribution in [-0.4, -0.2) is 62.6 Å². The van der Waals surface area contributed by atoms with Crippen LogP contribution in [0.3, 0.4) is 0 Å². The van der Waals surface area contributed by atoms with E-state index in [-0.39, 0.29) is 33.5 Å². The van der Waals surface area contributed by atoms with Crippen LogP contribution >= 0.6 is 11.3 Å². The van der Waals surface area contributed by atoms with Crippen LogP contribution in [0.25, 0.3) is 10.4 Å². The third-order valence-corrected chi connectivity index (χ3v) is 6.98. The molecule has 0 bridgehead atoms. The van der Waals surface area contributed by atoms with E-state index in [0.717, 1.165) is 25.6 Å². The van der Waals surface area contributed by atoms with Crippen LogP contribution in [-0.2, 0) is 6.18 Å². The lowest BCUT2D eigenvalue weighted by molar-refractivity contribution is -0.137. The Hall–Kier alpha value is -2.73. The molecule has 12 heteroatoms. The molecule has 3 N–H and O–H groups in total. The van der Waals surface area contributed by atoms with Crippen molar-refractivity contribution in [1.82, 2.24) is 20.2 Å². The molecule has 2 aromatic heterocycles. The van der Waals surface area contributed by atoms with Crippen LogP contribution in [0.2, 0.25) is 0 Å². The van der Waals surface area contributed by atoms with Gasteiger partial charge in [0.1, 0.15) is 11.5 Å². The van der Waals surface area contributed by atoms with E-state index in [9.17, 15) is 27.9 Å². The third-order valence-electron chi connectivity index (χ3n) is 5.89. The second kappa shape index (κ2) is 10.7. The molecule has 3 atom stereocenters. The molecule has 0 aliphatic carbocycles. The van der Waals surface area contributed by atoms with Gasteiger partial charge in [0.15, 0.2) is 5.01 Å². The summed E-state index contributed by atoms with van der Waals surface area (Å²) < 4.78 is 64.9. The first-order valence-electron chi connectivity index (χ1n) is 13.1. The van der Waals surface area contributed by atoms with E-state index in [1.54, 1.807) is 6.92 Å². The number of pyridine rings is 1. The molecule has 1 fully saturated rings. The molecule has 1 unspecified atom stereocenters. The van der Waals surface area contributed by atoms with Crippen LogP contribution in [0.4, 0.5) is 19.0 Å². The quantitative estimate of drug-likeness (QED) is 0.462. The minimum atomic E-state index is -4.81. The van der Waals surface area contributed by atoms with E-state index >= 15 is 0 Å². The summed E-state index contributed by atoms with van der Waals surface area (Å²) >= 11 is 0.568. The maximum absolute atomic E-state index is 14.2. The first-order chi connectivity index (χ1) is 18.0. The van der Waals surface area contributed by atoms with Gasteiger partial charge in [-0.05, 0) is 53.0 Å². The van der Waals surface area contributed by atoms with Crippen molar-refractivity contribution in [2.45, 2.75) is 77.7 Å². The first-order valence-corrected chi connectivity index (χ1v) is 12.4. The van der Waals surface area contributed by atoms with Crippen molar-refractivity contribution in [1.29, 1.82) is 0 Å². The Morgan fingerprint density at radius 2 is 2.14 bits per heavy atom. The molecule has 0 aromatic carbocycles. The van der Waals surface area contributed by atoms with Crippen LogP contribution in [0.1, 0.15) is 83.8 Å². The van der Waals surface area contributed by atoms with Gasteiger partial charge in [-0.3, -0.25) is 9.59 Å². The number of likely N-dealkylation sites (tertiary alicyclic amines) is 1. The number of rotatable bonds is 8. The third kappa shape index (κ3) is 6.52. The van der Waals surface area contributed by atoms with E-state index in [2.05, 4.69) is 20.6 Å². The summed E-state index contributed by atoms with van der Waals surface area (Å²) in [6, 6.07) is 0.561. The van der Waals surface area contributed by atoms with Gasteiger partial charge in [-0.15, -0.1) is 11.3 Å². The Morgan fingerprint density at radius 1 is 1.42 bits per heavy atom. The maximum Gasteiger partial charge on any atom is 0.417 e. The number of thiazole rings is 1. The molecule has 8 nitrogen and oxygen atoms in total. The fourth-order valence-corrected chi connectivity index (χ4v) is 4.75. The highest BCUT2D eigenvalue weighted by Gasteiger charge is 2.38. The van der Waals surface area contributed by atoms with E-state index in [4.69, 9.17) is 4.11 Å². The normalized spacial score (nSPS) is 20.2. The zero-order chi connectivity index (χ0) is 29.3. The number of carbonyl (C=O) groups excluding carboxylic acids is 2. The largest absolute Gasteiger partial charge is 0.417 e. The van der Waals surface area contributed by atoms with Gasteiger partial charge >= 0.3 is 6.18 Å². The second-order valence-electron chi connectivity index (χ2n) is 9.21. The van der Waals surface area contributed by atoms with Gasteiger partial charge in [-0.25, -0.2) is 9.97 Å². The smallest absolute Gasteiger partial charge is 0.389 e. The Labute approximate surface area is 216 Å². The number of nitrogens with one attached hydrogen (secondary N) is 2. The number of aliphatic hydroxyl groups is 1. The van der Waals surface area contributed by atoms with E-state index in [1.807, 2.05) is 13.8 Å². The van der Waals surface area contributed by atoms with E-state index in [0.29, 0.717) is 30.7 Å². The zero-order valence-corrected chi connectivity index (χ0v) is 21.3. The molecule has 0 spiro atoms. The SMILES string of the molecule is [2H]C([2H])([2H])C(C)(O)CNC(=O)c1nc(C(=O)N2CCC[C@@H]2C)c(-c2cnc(N[C@H](C)CC)cc2C(F)(F)F)s1. The highest BCUT2D eigenvalue weighted by atomic mass is 32.1. The van der Waals surface area contributed by atoms with Crippen LogP contribution < -0.4 is 10.6 Å². The van der Waals surface area contributed by atoms with Crippen molar-refractivity contribution in [3.05, 3.63) is 28.5 Å². The molecule has 198 valence electrons. The highest BCUT2D eigenvalue weighted by Crippen LogP contribution is 2.42. The number of anilines is 1. The topological polar surface area (TPSA) is 107 Å². The van der Waals surface area contributed by atoms with Crippen LogP contribution in [0.5, 0.6) is 0 Å². The number of nitrogens with zero attached hydrogens (tertiary/aromatic N) is 3. The molecular weight excluding hydrogens is 495 g/mol. The number of aromatic nitrogens is 2. The zero-order valence-electron chi connectivity index (χ0n) is 23.5. The van der Waals surface area contributed by atoms with Crippen LogP contribution in [0.15, 0.2) is 12.3 Å². The van der Waals surface area contributed by atoms with Gasteiger partial charge in [0, 0.05) is 41.0 Å². The minimum Gasteiger partial charge on any atom is -0.389 e. The Bertz CT molecular complexity index is 1220. The Kier molecular flexibility index (Phi) is 7.04. The van der Waals surface area contributed by atoms with Crippen molar-refractivity contribution >= 4 is 29.0 Å². The molecule has 2 amide bonds. The number of carbonyl (C=O) groups is 2. The van der Waals surface area contributed by atoms with E-state index in [1.165, 1.54) is 4.90 Å². The molecule has 1 aliphatic heterocycles. The average molecular weight is 531 g/mol. The predicted molar refractivity (Wildman–Crippen MR) is 132 cm³/mol. The Balaban J connectivity index is 2.09. The standard InChI is InChI=1S/C24H32F3N5O3S/c1-6-13(2)30-17-10-16(24(25,26)27)15(11-28-17)19-18(22(34)32-9-7-8-14(32)3)31-21(36-19)20(33)29-12-23(4,5)35/h10-11,13-14,35H,6-9,12H2,1-5H3,(H,28,30)(H,29,33)/t13-,14+/m1/s1/i4D3/t13-,14+,23?. The Morgan fingerprint density at radius 3 is 2.72 bits per heavy atom. The van der Waals surface area contributed by atoms with Gasteiger partial charge in [0.2, 0.25) is 0 Å². The van der Waals surface area contributed by atoms with Crippen molar-refractivity contribution in [3.63, 3.8) is 0 Å². The number of hydrogen-bond donors (Lipinski definition) is 3. The van der Waals surface area contributed by atoms with Crippen molar-refractivity contribution in [2.24, 2.45) is 0 Å². The maximum atomic E-state index is 14.2. The number of halogens is 3. The lowest BCUT2D eigenvalue weighted by Gasteiger charge is -2.21. The monoisotopic (exact) mass is 530 g/mol. The first kappa shape index (κ1) is 23.7. The fraction of sp³-hybridized carbons (Fsp3) is 0.583. The molecule has 3 rings (SSSR count). The lowest BCUT2D eigenvalue weighted by atomic mass is 10.1. The average Bonchev–Trinajstić information content (AvgIpc) is 3.47. The van der Waals surface area contributed by atoms with Gasteiger partial charge in [-0.1, -0.05) is 6.92 Å². The molecular formula is C24H32F3N5O3S. The number of amides is 2. The number of alkyl halides is 3. The highest BCUT2D eigenvalue weighted by molar-refractivity contribution is 7.17. The molecule has 0 radical (unpaired) electrons.